The van der Waals surface area contributed by atoms with Gasteiger partial charge in [-0.25, -0.2) is 4.98 Å². The molecule has 0 saturated heterocycles. The zero-order valence-electron chi connectivity index (χ0n) is 17.8. The Balaban J connectivity index is 1.18. The number of aromatic nitrogens is 2. The molecule has 7 nitrogen and oxygen atoms in total. The predicted octanol–water partition coefficient (Wildman–Crippen LogP) is 3.59. The average Bonchev–Trinajstić information content (AvgIpc) is 3.30. The maximum absolute atomic E-state index is 12.6. The minimum atomic E-state index is -0.315. The fourth-order valence-electron chi connectivity index (χ4n) is 4.59. The van der Waals surface area contributed by atoms with Gasteiger partial charge in [0.05, 0.1) is 10.3 Å². The van der Waals surface area contributed by atoms with Crippen molar-refractivity contribution in [2.75, 3.05) is 0 Å². The van der Waals surface area contributed by atoms with Crippen LogP contribution in [-0.2, 0) is 36.9 Å². The number of carbonyl (C=O) groups excluding carboxylic acids is 2. The topological polar surface area (TPSA) is 104 Å². The monoisotopic (exact) mass is 470 g/mol. The van der Waals surface area contributed by atoms with Gasteiger partial charge < -0.3 is 4.98 Å². The third-order valence-corrected chi connectivity index (χ3v) is 8.67. The first kappa shape index (κ1) is 21.3. The minimum Gasteiger partial charge on any atom is -0.310 e. The van der Waals surface area contributed by atoms with Gasteiger partial charge in [-0.2, -0.15) is 0 Å². The van der Waals surface area contributed by atoms with Crippen LogP contribution >= 0.6 is 22.7 Å². The largest absolute Gasteiger partial charge is 0.310 e. The number of carbonyl (C=O) groups is 2. The SMILES string of the molecule is O=C(CCc1nc2sc3c(c2c(=O)[nH]1)CCCC3)NNC(=O)c1cc2c(s1)CCCCC2. The van der Waals surface area contributed by atoms with Crippen LogP contribution < -0.4 is 16.4 Å². The summed E-state index contributed by atoms with van der Waals surface area (Å²) in [6.45, 7) is 0. The number of hydrogen-bond acceptors (Lipinski definition) is 6. The number of thiophene rings is 2. The normalized spacial score (nSPS) is 15.6. The standard InChI is InChI=1S/C23H26N4O3S2/c28-19(26-27-21(29)17-12-13-6-2-1-3-8-15(13)31-17)11-10-18-24-22(30)20-14-7-4-5-9-16(14)32-23(20)25-18/h12H,1-11H2,(H,26,28)(H,27,29)(H,24,25,30). The molecule has 3 N–H and O–H groups in total. The fourth-order valence-corrected chi connectivity index (χ4v) is 7.02. The molecule has 9 heteroatoms. The summed E-state index contributed by atoms with van der Waals surface area (Å²) in [4.78, 5) is 48.7. The van der Waals surface area contributed by atoms with Crippen LogP contribution in [0.3, 0.4) is 0 Å². The van der Waals surface area contributed by atoms with Crippen LogP contribution in [0.2, 0.25) is 0 Å². The number of nitrogens with zero attached hydrogens (tertiary/aromatic N) is 1. The van der Waals surface area contributed by atoms with Crippen LogP contribution in [0.25, 0.3) is 10.2 Å². The molecule has 2 amide bonds. The Labute approximate surface area is 193 Å². The zero-order valence-corrected chi connectivity index (χ0v) is 19.5. The van der Waals surface area contributed by atoms with Gasteiger partial charge in [-0.05, 0) is 68.6 Å². The number of nitrogens with one attached hydrogen (secondary N) is 3. The summed E-state index contributed by atoms with van der Waals surface area (Å²) in [6.07, 6.45) is 10.3. The molecule has 3 aromatic heterocycles. The summed E-state index contributed by atoms with van der Waals surface area (Å²) >= 11 is 3.12. The van der Waals surface area contributed by atoms with E-state index in [1.54, 1.807) is 11.3 Å². The molecule has 5 rings (SSSR count). The van der Waals surface area contributed by atoms with E-state index in [0.29, 0.717) is 17.1 Å². The van der Waals surface area contributed by atoms with E-state index in [2.05, 4.69) is 20.8 Å². The molecule has 0 unspecified atom stereocenters. The van der Waals surface area contributed by atoms with Crippen molar-refractivity contribution >= 4 is 44.7 Å². The molecule has 0 atom stereocenters. The second kappa shape index (κ2) is 9.15. The van der Waals surface area contributed by atoms with Crippen molar-refractivity contribution in [1.82, 2.24) is 20.8 Å². The lowest BCUT2D eigenvalue weighted by atomic mass is 9.97. The number of H-pyrrole nitrogens is 1. The lowest BCUT2D eigenvalue weighted by Gasteiger charge is -2.09. The summed E-state index contributed by atoms with van der Waals surface area (Å²) in [5.74, 6) is -0.0946. The lowest BCUT2D eigenvalue weighted by Crippen LogP contribution is -2.41. The number of amides is 2. The van der Waals surface area contributed by atoms with Crippen LogP contribution in [0.1, 0.15) is 74.9 Å². The molecule has 0 aromatic carbocycles. The molecule has 32 heavy (non-hydrogen) atoms. The van der Waals surface area contributed by atoms with Crippen molar-refractivity contribution in [3.8, 4) is 0 Å². The molecule has 3 aromatic rings. The number of hydrogen-bond donors (Lipinski definition) is 3. The average molecular weight is 471 g/mol. The highest BCUT2D eigenvalue weighted by Gasteiger charge is 2.20. The minimum absolute atomic E-state index is 0.115. The Morgan fingerprint density at radius 2 is 1.75 bits per heavy atom. The van der Waals surface area contributed by atoms with E-state index in [0.717, 1.165) is 60.7 Å². The number of aryl methyl sites for hydroxylation is 5. The summed E-state index contributed by atoms with van der Waals surface area (Å²) in [7, 11) is 0. The molecule has 168 valence electrons. The highest BCUT2D eigenvalue weighted by Crippen LogP contribution is 2.33. The van der Waals surface area contributed by atoms with Gasteiger partial charge in [-0.1, -0.05) is 6.42 Å². The van der Waals surface area contributed by atoms with Crippen molar-refractivity contribution in [3.63, 3.8) is 0 Å². The Hall–Kier alpha value is -2.52. The summed E-state index contributed by atoms with van der Waals surface area (Å²) in [5.41, 5.74) is 7.31. The summed E-state index contributed by atoms with van der Waals surface area (Å²) in [5, 5.41) is 0.722. The van der Waals surface area contributed by atoms with Crippen LogP contribution in [0.5, 0.6) is 0 Å². The number of rotatable bonds is 4. The fraction of sp³-hybridized carbons (Fsp3) is 0.478. The highest BCUT2D eigenvalue weighted by molar-refractivity contribution is 7.18. The van der Waals surface area contributed by atoms with Gasteiger partial charge in [0.25, 0.3) is 11.5 Å². The third kappa shape index (κ3) is 4.36. The first-order valence-electron chi connectivity index (χ1n) is 11.3. The molecule has 3 heterocycles. The first-order valence-corrected chi connectivity index (χ1v) is 13.0. The predicted molar refractivity (Wildman–Crippen MR) is 126 cm³/mol. The third-order valence-electron chi connectivity index (χ3n) is 6.25. The number of hydrazine groups is 1. The molecule has 2 aliphatic carbocycles. The van der Waals surface area contributed by atoms with Crippen molar-refractivity contribution in [2.24, 2.45) is 0 Å². The Bertz CT molecular complexity index is 1220. The van der Waals surface area contributed by atoms with E-state index in [-0.39, 0.29) is 23.8 Å². The zero-order chi connectivity index (χ0) is 22.1. The first-order chi connectivity index (χ1) is 15.6. The van der Waals surface area contributed by atoms with E-state index in [1.165, 1.54) is 39.5 Å². The molecule has 0 saturated carbocycles. The maximum Gasteiger partial charge on any atom is 0.279 e. The summed E-state index contributed by atoms with van der Waals surface area (Å²) in [6, 6.07) is 1.96. The Morgan fingerprint density at radius 1 is 0.969 bits per heavy atom. The van der Waals surface area contributed by atoms with Crippen molar-refractivity contribution < 1.29 is 9.59 Å². The smallest absolute Gasteiger partial charge is 0.279 e. The van der Waals surface area contributed by atoms with Gasteiger partial charge in [0.15, 0.2) is 0 Å². The molecular weight excluding hydrogens is 444 g/mol. The van der Waals surface area contributed by atoms with Crippen molar-refractivity contribution in [1.29, 1.82) is 0 Å². The molecule has 2 aliphatic rings. The molecule has 0 fully saturated rings. The maximum atomic E-state index is 12.6. The van der Waals surface area contributed by atoms with Crippen molar-refractivity contribution in [3.05, 3.63) is 48.0 Å². The van der Waals surface area contributed by atoms with Gasteiger partial charge in [0.2, 0.25) is 5.91 Å². The lowest BCUT2D eigenvalue weighted by molar-refractivity contribution is -0.121. The Kier molecular flexibility index (Phi) is 6.10. The van der Waals surface area contributed by atoms with E-state index < -0.39 is 0 Å². The van der Waals surface area contributed by atoms with Gasteiger partial charge in [-0.3, -0.25) is 25.2 Å². The second-order valence-electron chi connectivity index (χ2n) is 8.53. The van der Waals surface area contributed by atoms with E-state index in [1.807, 2.05) is 6.07 Å². The molecule has 0 spiro atoms. The van der Waals surface area contributed by atoms with Crippen LogP contribution in [0.4, 0.5) is 0 Å². The van der Waals surface area contributed by atoms with E-state index in [9.17, 15) is 14.4 Å². The van der Waals surface area contributed by atoms with Crippen LogP contribution in [-0.4, -0.2) is 21.8 Å². The second-order valence-corrected chi connectivity index (χ2v) is 10.7. The van der Waals surface area contributed by atoms with Crippen molar-refractivity contribution in [2.45, 2.75) is 70.6 Å². The quantitative estimate of drug-likeness (QED) is 0.400. The van der Waals surface area contributed by atoms with Crippen LogP contribution in [0.15, 0.2) is 10.9 Å². The van der Waals surface area contributed by atoms with E-state index >= 15 is 0 Å². The highest BCUT2D eigenvalue weighted by atomic mass is 32.1. The van der Waals surface area contributed by atoms with Crippen LogP contribution in [0, 0.1) is 0 Å². The van der Waals surface area contributed by atoms with Gasteiger partial charge in [0, 0.05) is 22.6 Å². The molecule has 0 radical (unpaired) electrons. The molecule has 0 bridgehead atoms. The molecule has 0 aliphatic heterocycles. The summed E-state index contributed by atoms with van der Waals surface area (Å²) < 4.78 is 0. The molecular formula is C23H26N4O3S2. The number of fused-ring (bicyclic) bond motifs is 4. The Morgan fingerprint density at radius 3 is 2.66 bits per heavy atom. The van der Waals surface area contributed by atoms with Gasteiger partial charge in [-0.15, -0.1) is 22.7 Å². The van der Waals surface area contributed by atoms with Gasteiger partial charge in [0.1, 0.15) is 10.7 Å². The van der Waals surface area contributed by atoms with Gasteiger partial charge >= 0.3 is 0 Å². The van der Waals surface area contributed by atoms with E-state index in [4.69, 9.17) is 0 Å². The number of aromatic amines is 1.